The fourth-order valence-electron chi connectivity index (χ4n) is 3.46. The number of halogens is 2. The molecule has 0 bridgehead atoms. The van der Waals surface area contributed by atoms with Crippen molar-refractivity contribution in [3.63, 3.8) is 0 Å². The third-order valence-electron chi connectivity index (χ3n) is 5.38. The van der Waals surface area contributed by atoms with Gasteiger partial charge >= 0.3 is 0 Å². The molecule has 3 aromatic rings. The highest BCUT2D eigenvalue weighted by Gasteiger charge is 2.41. The van der Waals surface area contributed by atoms with Gasteiger partial charge in [0.25, 0.3) is 11.8 Å². The van der Waals surface area contributed by atoms with Crippen LogP contribution in [0.3, 0.4) is 0 Å². The van der Waals surface area contributed by atoms with Crippen LogP contribution in [0.2, 0.25) is 0 Å². The van der Waals surface area contributed by atoms with Gasteiger partial charge in [-0.25, -0.2) is 13.8 Å². The number of hydrogen-bond acceptors (Lipinski definition) is 7. The smallest absolute Gasteiger partial charge is 0.274 e. The normalized spacial score (nSPS) is 15.0. The van der Waals surface area contributed by atoms with Crippen LogP contribution in [-0.2, 0) is 16.3 Å². The van der Waals surface area contributed by atoms with Gasteiger partial charge in [-0.1, -0.05) is 0 Å². The van der Waals surface area contributed by atoms with Crippen LogP contribution in [0.1, 0.15) is 34.2 Å². The molecule has 8 nitrogen and oxygen atoms in total. The number of carbonyl (C=O) groups excluding carboxylic acids is 1. The monoisotopic (exact) mass is 456 g/mol. The molecule has 0 saturated carbocycles. The van der Waals surface area contributed by atoms with Crippen molar-refractivity contribution in [2.75, 3.05) is 25.6 Å². The van der Waals surface area contributed by atoms with Gasteiger partial charge in [-0.15, -0.1) is 0 Å². The predicted octanol–water partition coefficient (Wildman–Crippen LogP) is 3.44. The molecule has 0 aliphatic carbocycles. The van der Waals surface area contributed by atoms with Crippen molar-refractivity contribution in [3.8, 4) is 17.0 Å². The number of hydrogen-bond donors (Lipinski definition) is 2. The van der Waals surface area contributed by atoms with Gasteiger partial charge in [0.15, 0.2) is 0 Å². The summed E-state index contributed by atoms with van der Waals surface area (Å²) in [4.78, 5) is 25.1. The maximum atomic E-state index is 13.6. The summed E-state index contributed by atoms with van der Waals surface area (Å²) in [6.07, 6.45) is 4.20. The first-order valence-electron chi connectivity index (χ1n) is 10.1. The molecule has 2 N–H and O–H groups in total. The molecule has 0 spiro atoms. The first-order valence-corrected chi connectivity index (χ1v) is 10.1. The second-order valence-electron chi connectivity index (χ2n) is 7.93. The number of aromatic nitrogens is 3. The van der Waals surface area contributed by atoms with Gasteiger partial charge in [0.1, 0.15) is 11.3 Å². The summed E-state index contributed by atoms with van der Waals surface area (Å²) in [5.41, 5.74) is 1.17. The molecule has 1 fully saturated rings. The third kappa shape index (κ3) is 4.53. The molecule has 1 saturated heterocycles. The molecule has 4 rings (SSSR count). The van der Waals surface area contributed by atoms with Gasteiger partial charge in [0, 0.05) is 41.7 Å². The first kappa shape index (κ1) is 22.7. The summed E-state index contributed by atoms with van der Waals surface area (Å²) in [7, 11) is 1.47. The lowest BCUT2D eigenvalue weighted by Crippen LogP contribution is -2.46. The van der Waals surface area contributed by atoms with E-state index in [0.29, 0.717) is 34.0 Å². The standard InChI is InChI=1S/C23H22F2N4O4/c1-13-17(14-6-18(21(32-3)28-9-14)23(31)11-33-12-23)8-16(10-27-13)29-20(30)19-7-15(4-5-26-19)22(2,24)25/h4-10,31H,11-12H2,1-3H3,(H,29,30). The zero-order chi connectivity index (χ0) is 23.8. The van der Waals surface area contributed by atoms with E-state index in [-0.39, 0.29) is 24.5 Å². The maximum absolute atomic E-state index is 13.6. The summed E-state index contributed by atoms with van der Waals surface area (Å²) < 4.78 is 37.6. The Bertz CT molecular complexity index is 1210. The minimum Gasteiger partial charge on any atom is -0.481 e. The van der Waals surface area contributed by atoms with Crippen molar-refractivity contribution in [1.82, 2.24) is 15.0 Å². The second kappa shape index (κ2) is 8.45. The summed E-state index contributed by atoms with van der Waals surface area (Å²) in [6, 6.07) is 5.65. The Morgan fingerprint density at radius 1 is 1.21 bits per heavy atom. The van der Waals surface area contributed by atoms with E-state index < -0.39 is 17.4 Å². The van der Waals surface area contributed by atoms with E-state index in [0.717, 1.165) is 19.1 Å². The highest BCUT2D eigenvalue weighted by Crippen LogP contribution is 2.37. The van der Waals surface area contributed by atoms with Crippen LogP contribution >= 0.6 is 0 Å². The number of nitrogens with zero attached hydrogens (tertiary/aromatic N) is 3. The topological polar surface area (TPSA) is 106 Å². The molecule has 0 atom stereocenters. The van der Waals surface area contributed by atoms with Crippen LogP contribution in [0.5, 0.6) is 5.88 Å². The number of anilines is 1. The Morgan fingerprint density at radius 2 is 1.97 bits per heavy atom. The number of pyridine rings is 3. The van der Waals surface area contributed by atoms with Crippen molar-refractivity contribution in [2.45, 2.75) is 25.4 Å². The van der Waals surface area contributed by atoms with Gasteiger partial charge in [-0.05, 0) is 31.2 Å². The predicted molar refractivity (Wildman–Crippen MR) is 115 cm³/mol. The van der Waals surface area contributed by atoms with Crippen molar-refractivity contribution >= 4 is 11.6 Å². The van der Waals surface area contributed by atoms with Gasteiger partial charge in [0.05, 0.1) is 37.8 Å². The summed E-state index contributed by atoms with van der Waals surface area (Å²) in [6.45, 7) is 2.80. The molecule has 10 heteroatoms. The highest BCUT2D eigenvalue weighted by atomic mass is 19.3. The highest BCUT2D eigenvalue weighted by molar-refractivity contribution is 6.03. The molecule has 0 unspecified atom stereocenters. The summed E-state index contributed by atoms with van der Waals surface area (Å²) in [5, 5.41) is 13.4. The minimum absolute atomic E-state index is 0.130. The van der Waals surface area contributed by atoms with E-state index in [9.17, 15) is 18.7 Å². The Morgan fingerprint density at radius 3 is 2.61 bits per heavy atom. The Kier molecular flexibility index (Phi) is 5.81. The molecule has 1 aliphatic heterocycles. The molecule has 0 radical (unpaired) electrons. The molecule has 1 amide bonds. The quantitative estimate of drug-likeness (QED) is 0.585. The van der Waals surface area contributed by atoms with Crippen LogP contribution < -0.4 is 10.1 Å². The van der Waals surface area contributed by atoms with Gasteiger partial charge in [-0.3, -0.25) is 14.8 Å². The van der Waals surface area contributed by atoms with Crippen LogP contribution in [0.15, 0.2) is 42.9 Å². The van der Waals surface area contributed by atoms with Crippen LogP contribution in [0.4, 0.5) is 14.5 Å². The fourth-order valence-corrected chi connectivity index (χ4v) is 3.46. The number of rotatable bonds is 6. The average Bonchev–Trinajstić information content (AvgIpc) is 2.78. The van der Waals surface area contributed by atoms with E-state index in [4.69, 9.17) is 9.47 Å². The molecule has 172 valence electrons. The van der Waals surface area contributed by atoms with E-state index in [1.807, 2.05) is 0 Å². The maximum Gasteiger partial charge on any atom is 0.274 e. The number of aliphatic hydroxyl groups is 1. The number of ether oxygens (including phenoxy) is 2. The Balaban J connectivity index is 1.64. The molecular weight excluding hydrogens is 434 g/mol. The van der Waals surface area contributed by atoms with E-state index >= 15 is 0 Å². The number of amides is 1. The van der Waals surface area contributed by atoms with E-state index in [1.165, 1.54) is 19.5 Å². The molecule has 4 heterocycles. The number of nitrogens with one attached hydrogen (secondary N) is 1. The minimum atomic E-state index is -3.09. The van der Waals surface area contributed by atoms with E-state index in [2.05, 4.69) is 20.3 Å². The van der Waals surface area contributed by atoms with Gasteiger partial charge in [0.2, 0.25) is 5.88 Å². The van der Waals surface area contributed by atoms with Crippen molar-refractivity contribution < 1.29 is 28.2 Å². The second-order valence-corrected chi connectivity index (χ2v) is 7.93. The van der Waals surface area contributed by atoms with Crippen molar-refractivity contribution in [1.29, 1.82) is 0 Å². The SMILES string of the molecule is COc1ncc(-c2cc(NC(=O)c3cc(C(C)(F)F)ccn3)cnc2C)cc1C1(O)COC1. The molecular formula is C23H22F2N4O4. The fraction of sp³-hybridized carbons (Fsp3) is 0.304. The molecule has 0 aromatic carbocycles. The average molecular weight is 456 g/mol. The lowest BCUT2D eigenvalue weighted by molar-refractivity contribution is -0.185. The molecule has 1 aliphatic rings. The van der Waals surface area contributed by atoms with E-state index in [1.54, 1.807) is 25.3 Å². The zero-order valence-corrected chi connectivity index (χ0v) is 18.2. The van der Waals surface area contributed by atoms with Crippen molar-refractivity contribution in [2.24, 2.45) is 0 Å². The molecule has 33 heavy (non-hydrogen) atoms. The first-order chi connectivity index (χ1) is 15.6. The summed E-state index contributed by atoms with van der Waals surface area (Å²) in [5.74, 6) is -3.45. The number of carbonyl (C=O) groups is 1. The number of aryl methyl sites for hydroxylation is 1. The lowest BCUT2D eigenvalue weighted by Gasteiger charge is -2.37. The lowest BCUT2D eigenvalue weighted by atomic mass is 9.90. The summed E-state index contributed by atoms with van der Waals surface area (Å²) >= 11 is 0. The van der Waals surface area contributed by atoms with Crippen LogP contribution in [0, 0.1) is 6.92 Å². The molecule has 3 aromatic heterocycles. The Labute approximate surface area is 188 Å². The third-order valence-corrected chi connectivity index (χ3v) is 5.38. The largest absolute Gasteiger partial charge is 0.481 e. The van der Waals surface area contributed by atoms with Crippen LogP contribution in [0.25, 0.3) is 11.1 Å². The van der Waals surface area contributed by atoms with Crippen molar-refractivity contribution in [3.05, 3.63) is 65.4 Å². The van der Waals surface area contributed by atoms with Gasteiger partial charge in [-0.2, -0.15) is 0 Å². The van der Waals surface area contributed by atoms with Gasteiger partial charge < -0.3 is 19.9 Å². The van der Waals surface area contributed by atoms with Crippen LogP contribution in [-0.4, -0.2) is 46.3 Å². The Hall–Kier alpha value is -3.50. The zero-order valence-electron chi connectivity index (χ0n) is 18.2. The number of methoxy groups -OCH3 is 1. The number of alkyl halides is 2.